The summed E-state index contributed by atoms with van der Waals surface area (Å²) in [6, 6.07) is 3.17. The van der Waals surface area contributed by atoms with Crippen LogP contribution in [0.3, 0.4) is 0 Å². The predicted octanol–water partition coefficient (Wildman–Crippen LogP) is 1.54. The quantitative estimate of drug-likeness (QED) is 0.913. The van der Waals surface area contributed by atoms with Crippen molar-refractivity contribution < 1.29 is 8.42 Å². The van der Waals surface area contributed by atoms with Crippen LogP contribution in [0.4, 0.5) is 5.82 Å². The molecule has 2 atom stereocenters. The number of sulfonamides is 1. The van der Waals surface area contributed by atoms with Crippen molar-refractivity contribution in [3.63, 3.8) is 0 Å². The Bertz CT molecular complexity index is 561. The van der Waals surface area contributed by atoms with E-state index in [1.165, 1.54) is 25.5 Å². The zero-order chi connectivity index (χ0) is 13.5. The van der Waals surface area contributed by atoms with Gasteiger partial charge in [-0.1, -0.05) is 6.42 Å². The highest BCUT2D eigenvalue weighted by Crippen LogP contribution is 2.39. The van der Waals surface area contributed by atoms with Crippen LogP contribution in [0.5, 0.6) is 0 Å². The highest BCUT2D eigenvalue weighted by Gasteiger charge is 2.41. The second-order valence-corrected chi connectivity index (χ2v) is 7.34. The summed E-state index contributed by atoms with van der Waals surface area (Å²) in [7, 11) is -1.62. The zero-order valence-corrected chi connectivity index (χ0v) is 11.9. The Morgan fingerprint density at radius 3 is 2.63 bits per heavy atom. The predicted molar refractivity (Wildman–Crippen MR) is 73.4 cm³/mol. The fraction of sp³-hybridized carbons (Fsp3) is 0.615. The largest absolute Gasteiger partial charge is 0.373 e. The molecule has 3 rings (SSSR count). The third-order valence-electron chi connectivity index (χ3n) is 4.32. The summed E-state index contributed by atoms with van der Waals surface area (Å²) in [5, 5.41) is 2.88. The standard InChI is InChI=1S/C13H19N3O2S/c1-14-13-7-12(5-6-15-13)19(17,18)16-8-10-3-2-4-11(10)9-16/h5-7,10-11H,2-4,8-9H2,1H3,(H,14,15). The van der Waals surface area contributed by atoms with Crippen LogP contribution in [-0.4, -0.2) is 37.8 Å². The van der Waals surface area contributed by atoms with Crippen LogP contribution < -0.4 is 5.32 Å². The van der Waals surface area contributed by atoms with Crippen molar-refractivity contribution in [2.45, 2.75) is 24.2 Å². The Kier molecular flexibility index (Phi) is 3.22. The molecule has 19 heavy (non-hydrogen) atoms. The molecule has 1 aromatic rings. The highest BCUT2D eigenvalue weighted by molar-refractivity contribution is 7.89. The number of anilines is 1. The summed E-state index contributed by atoms with van der Waals surface area (Å²) in [6.07, 6.45) is 5.14. The first kappa shape index (κ1) is 12.9. The van der Waals surface area contributed by atoms with E-state index >= 15 is 0 Å². The molecule has 1 saturated heterocycles. The van der Waals surface area contributed by atoms with Gasteiger partial charge in [-0.25, -0.2) is 13.4 Å². The average Bonchev–Trinajstić information content (AvgIpc) is 2.99. The molecule has 0 spiro atoms. The maximum atomic E-state index is 12.6. The monoisotopic (exact) mass is 281 g/mol. The molecule has 5 nitrogen and oxygen atoms in total. The highest BCUT2D eigenvalue weighted by atomic mass is 32.2. The molecular weight excluding hydrogens is 262 g/mol. The third-order valence-corrected chi connectivity index (χ3v) is 6.15. The molecule has 1 saturated carbocycles. The van der Waals surface area contributed by atoms with Gasteiger partial charge in [0, 0.05) is 32.4 Å². The van der Waals surface area contributed by atoms with Crippen molar-refractivity contribution in [3.8, 4) is 0 Å². The van der Waals surface area contributed by atoms with Gasteiger partial charge in [0.25, 0.3) is 0 Å². The first-order valence-corrected chi connectivity index (χ1v) is 8.19. The molecule has 1 N–H and O–H groups in total. The minimum Gasteiger partial charge on any atom is -0.373 e. The van der Waals surface area contributed by atoms with E-state index in [1.54, 1.807) is 23.5 Å². The van der Waals surface area contributed by atoms with Crippen LogP contribution in [-0.2, 0) is 10.0 Å². The number of rotatable bonds is 3. The van der Waals surface area contributed by atoms with Crippen molar-refractivity contribution in [1.82, 2.24) is 9.29 Å². The lowest BCUT2D eigenvalue weighted by atomic mass is 10.0. The van der Waals surface area contributed by atoms with E-state index in [9.17, 15) is 8.42 Å². The summed E-state index contributed by atoms with van der Waals surface area (Å²) in [5.41, 5.74) is 0. The number of pyridine rings is 1. The van der Waals surface area contributed by atoms with Crippen LogP contribution in [0.2, 0.25) is 0 Å². The van der Waals surface area contributed by atoms with Gasteiger partial charge in [0.2, 0.25) is 10.0 Å². The molecule has 0 radical (unpaired) electrons. The minimum atomic E-state index is -3.36. The summed E-state index contributed by atoms with van der Waals surface area (Å²) < 4.78 is 26.9. The van der Waals surface area contributed by atoms with Gasteiger partial charge in [-0.3, -0.25) is 0 Å². The number of fused-ring (bicyclic) bond motifs is 1. The van der Waals surface area contributed by atoms with Crippen molar-refractivity contribution in [2.75, 3.05) is 25.5 Å². The number of hydrogen-bond donors (Lipinski definition) is 1. The maximum absolute atomic E-state index is 12.6. The van der Waals surface area contributed by atoms with Crippen LogP contribution in [0.25, 0.3) is 0 Å². The number of hydrogen-bond acceptors (Lipinski definition) is 4. The summed E-state index contributed by atoms with van der Waals surface area (Å²) in [4.78, 5) is 4.40. The van der Waals surface area contributed by atoms with E-state index in [4.69, 9.17) is 0 Å². The molecule has 2 aliphatic rings. The second-order valence-electron chi connectivity index (χ2n) is 5.40. The molecule has 2 unspecified atom stereocenters. The molecule has 0 aromatic carbocycles. The Hall–Kier alpha value is -1.14. The van der Waals surface area contributed by atoms with E-state index in [-0.39, 0.29) is 0 Å². The van der Waals surface area contributed by atoms with E-state index in [2.05, 4.69) is 10.3 Å². The molecule has 6 heteroatoms. The van der Waals surface area contributed by atoms with Crippen molar-refractivity contribution in [1.29, 1.82) is 0 Å². The molecule has 2 fully saturated rings. The van der Waals surface area contributed by atoms with Gasteiger partial charge in [-0.15, -0.1) is 0 Å². The van der Waals surface area contributed by atoms with Gasteiger partial charge in [0.1, 0.15) is 5.82 Å². The van der Waals surface area contributed by atoms with E-state index in [0.29, 0.717) is 35.6 Å². The Morgan fingerprint density at radius 2 is 2.00 bits per heavy atom. The molecular formula is C13H19N3O2S. The molecule has 2 heterocycles. The van der Waals surface area contributed by atoms with E-state index in [0.717, 1.165) is 0 Å². The van der Waals surface area contributed by atoms with Crippen LogP contribution >= 0.6 is 0 Å². The first-order chi connectivity index (χ1) is 9.11. The normalized spacial score (nSPS) is 27.4. The molecule has 1 aliphatic carbocycles. The van der Waals surface area contributed by atoms with Gasteiger partial charge in [0.05, 0.1) is 4.90 Å². The second kappa shape index (κ2) is 4.76. The van der Waals surface area contributed by atoms with E-state index < -0.39 is 10.0 Å². The SMILES string of the molecule is CNc1cc(S(=O)(=O)N2CC3CCCC3C2)ccn1. The maximum Gasteiger partial charge on any atom is 0.243 e. The van der Waals surface area contributed by atoms with Crippen molar-refractivity contribution in [3.05, 3.63) is 18.3 Å². The van der Waals surface area contributed by atoms with Crippen molar-refractivity contribution >= 4 is 15.8 Å². The van der Waals surface area contributed by atoms with Gasteiger partial charge in [-0.05, 0) is 30.7 Å². The number of aromatic nitrogens is 1. The van der Waals surface area contributed by atoms with Crippen molar-refractivity contribution in [2.24, 2.45) is 11.8 Å². The molecule has 1 aromatic heterocycles. The van der Waals surface area contributed by atoms with Gasteiger partial charge >= 0.3 is 0 Å². The van der Waals surface area contributed by atoms with Gasteiger partial charge < -0.3 is 5.32 Å². The van der Waals surface area contributed by atoms with Crippen LogP contribution in [0.15, 0.2) is 23.2 Å². The third kappa shape index (κ3) is 2.23. The lowest BCUT2D eigenvalue weighted by Gasteiger charge is -2.17. The average molecular weight is 281 g/mol. The summed E-state index contributed by atoms with van der Waals surface area (Å²) >= 11 is 0. The zero-order valence-electron chi connectivity index (χ0n) is 11.0. The van der Waals surface area contributed by atoms with Crippen LogP contribution in [0, 0.1) is 11.8 Å². The smallest absolute Gasteiger partial charge is 0.243 e. The van der Waals surface area contributed by atoms with Crippen LogP contribution in [0.1, 0.15) is 19.3 Å². The lowest BCUT2D eigenvalue weighted by molar-refractivity contribution is 0.445. The summed E-state index contributed by atoms with van der Waals surface area (Å²) in [5.74, 6) is 1.72. The Labute approximate surface area is 114 Å². The minimum absolute atomic E-state index is 0.340. The topological polar surface area (TPSA) is 62.3 Å². The van der Waals surface area contributed by atoms with Gasteiger partial charge in [-0.2, -0.15) is 4.31 Å². The molecule has 0 bridgehead atoms. The van der Waals surface area contributed by atoms with Gasteiger partial charge in [0.15, 0.2) is 0 Å². The molecule has 104 valence electrons. The first-order valence-electron chi connectivity index (χ1n) is 6.75. The fourth-order valence-electron chi connectivity index (χ4n) is 3.25. The summed E-state index contributed by atoms with van der Waals surface area (Å²) in [6.45, 7) is 1.37. The van der Waals surface area contributed by atoms with E-state index in [1.807, 2.05) is 0 Å². The number of nitrogens with one attached hydrogen (secondary N) is 1. The molecule has 0 amide bonds. The fourth-order valence-corrected chi connectivity index (χ4v) is 4.81. The molecule has 1 aliphatic heterocycles. The Balaban J connectivity index is 1.86. The lowest BCUT2D eigenvalue weighted by Crippen LogP contribution is -2.29. The Morgan fingerprint density at radius 1 is 1.32 bits per heavy atom. The number of nitrogens with zero attached hydrogens (tertiary/aromatic N) is 2.